The first-order valence-corrected chi connectivity index (χ1v) is 10.8. The van der Waals surface area contributed by atoms with Gasteiger partial charge >= 0.3 is 5.97 Å². The number of cyclic esters (lactones) is 1. The van der Waals surface area contributed by atoms with Gasteiger partial charge in [-0.05, 0) is 36.4 Å². The van der Waals surface area contributed by atoms with E-state index in [4.69, 9.17) is 9.72 Å². The van der Waals surface area contributed by atoms with Crippen LogP contribution in [0.25, 0.3) is 40.2 Å². The monoisotopic (exact) mass is 456 g/mol. The Morgan fingerprint density at radius 3 is 2.56 bits per heavy atom. The van der Waals surface area contributed by atoms with Crippen molar-refractivity contribution in [3.05, 3.63) is 85.1 Å². The molecule has 0 amide bonds. The number of aliphatic hydroxyl groups is 1. The molecule has 4 aromatic rings. The summed E-state index contributed by atoms with van der Waals surface area (Å²) in [6.07, 6.45) is 5.55. The van der Waals surface area contributed by atoms with Crippen LogP contribution in [0, 0.1) is 5.82 Å². The molecule has 1 aliphatic rings. The summed E-state index contributed by atoms with van der Waals surface area (Å²) in [4.78, 5) is 25.1. The number of ether oxygens (including phenoxy) is 1. The van der Waals surface area contributed by atoms with Crippen molar-refractivity contribution in [2.75, 3.05) is 0 Å². The number of nitrogens with zero attached hydrogens (tertiary/aromatic N) is 4. The molecule has 1 aliphatic heterocycles. The molecule has 0 bridgehead atoms. The molecule has 0 radical (unpaired) electrons. The molecule has 0 aliphatic carbocycles. The van der Waals surface area contributed by atoms with Gasteiger partial charge in [0.15, 0.2) is 0 Å². The van der Waals surface area contributed by atoms with Crippen LogP contribution in [0.15, 0.2) is 79.3 Å². The highest BCUT2D eigenvalue weighted by atomic mass is 19.1. The highest BCUT2D eigenvalue weighted by molar-refractivity contribution is 5.82. The van der Waals surface area contributed by atoms with Crippen molar-refractivity contribution < 1.29 is 19.0 Å². The van der Waals surface area contributed by atoms with Crippen molar-refractivity contribution in [2.45, 2.75) is 25.0 Å². The second-order valence-corrected chi connectivity index (χ2v) is 7.93. The normalized spacial score (nSPS) is 18.2. The lowest BCUT2D eigenvalue weighted by molar-refractivity contribution is -0.156. The third-order valence-electron chi connectivity index (χ3n) is 5.52. The molecular formula is C26H21FN4O3. The summed E-state index contributed by atoms with van der Waals surface area (Å²) in [5.74, 6) is -0.157. The predicted molar refractivity (Wildman–Crippen MR) is 125 cm³/mol. The van der Waals surface area contributed by atoms with Gasteiger partial charge in [-0.25, -0.2) is 19.3 Å². The number of carbonyl (C=O) groups is 1. The van der Waals surface area contributed by atoms with Crippen LogP contribution in [0.2, 0.25) is 0 Å². The largest absolute Gasteiger partial charge is 0.458 e. The number of benzene rings is 2. The van der Waals surface area contributed by atoms with Gasteiger partial charge in [-0.2, -0.15) is 0 Å². The Labute approximate surface area is 195 Å². The minimum absolute atomic E-state index is 0.0105. The van der Waals surface area contributed by atoms with Crippen molar-refractivity contribution in [2.24, 2.45) is 0 Å². The molecule has 2 aromatic heterocycles. The molecule has 5 rings (SSSR count). The van der Waals surface area contributed by atoms with Crippen molar-refractivity contribution in [3.8, 4) is 34.0 Å². The number of esters is 1. The SMILES string of the molecule is O=C1CC(O)CC(C=Cn2c(-c3ccccc3)nc(-c3ccncn3)c2-c2ccc(F)cc2)O1. The Morgan fingerprint density at radius 2 is 1.85 bits per heavy atom. The first-order chi connectivity index (χ1) is 16.6. The quantitative estimate of drug-likeness (QED) is 0.449. The topological polar surface area (TPSA) is 90.1 Å². The standard InChI is InChI=1S/C26H21FN4O3/c27-19-8-6-17(7-9-19)25-24(22-10-12-28-16-29-22)30-26(18-4-2-1-3-5-18)31(25)13-11-21-14-20(32)15-23(33)34-21/h1-13,16,20-21,32H,14-15H2. The second-order valence-electron chi connectivity index (χ2n) is 7.93. The summed E-state index contributed by atoms with van der Waals surface area (Å²) in [6, 6.07) is 17.5. The Hall–Kier alpha value is -4.17. The fourth-order valence-corrected chi connectivity index (χ4v) is 3.97. The van der Waals surface area contributed by atoms with Gasteiger partial charge in [-0.1, -0.05) is 30.3 Å². The first-order valence-electron chi connectivity index (χ1n) is 10.8. The maximum Gasteiger partial charge on any atom is 0.309 e. The Morgan fingerprint density at radius 1 is 1.06 bits per heavy atom. The molecule has 0 spiro atoms. The van der Waals surface area contributed by atoms with Gasteiger partial charge in [0.1, 0.15) is 29.8 Å². The summed E-state index contributed by atoms with van der Waals surface area (Å²) in [7, 11) is 0. The number of aromatic nitrogens is 4. The van der Waals surface area contributed by atoms with Crippen LogP contribution in [-0.2, 0) is 9.53 Å². The summed E-state index contributed by atoms with van der Waals surface area (Å²) in [5, 5.41) is 9.99. The molecule has 2 unspecified atom stereocenters. The highest BCUT2D eigenvalue weighted by Gasteiger charge is 2.26. The number of imidazole rings is 1. The second kappa shape index (κ2) is 9.36. The summed E-state index contributed by atoms with van der Waals surface area (Å²) < 4.78 is 21.0. The van der Waals surface area contributed by atoms with Gasteiger partial charge in [-0.15, -0.1) is 0 Å². The molecule has 3 heterocycles. The van der Waals surface area contributed by atoms with E-state index < -0.39 is 18.2 Å². The molecule has 2 atom stereocenters. The number of carbonyl (C=O) groups excluding carboxylic acids is 1. The van der Waals surface area contributed by atoms with E-state index in [0.29, 0.717) is 29.3 Å². The summed E-state index contributed by atoms with van der Waals surface area (Å²) in [5.41, 5.74) is 3.49. The highest BCUT2D eigenvalue weighted by Crippen LogP contribution is 2.36. The minimum Gasteiger partial charge on any atom is -0.458 e. The molecule has 1 N–H and O–H groups in total. The zero-order valence-electron chi connectivity index (χ0n) is 18.1. The smallest absolute Gasteiger partial charge is 0.309 e. The maximum absolute atomic E-state index is 13.7. The Balaban J connectivity index is 1.71. The van der Waals surface area contributed by atoms with Gasteiger partial charge in [0.25, 0.3) is 0 Å². The zero-order valence-corrected chi connectivity index (χ0v) is 18.1. The van der Waals surface area contributed by atoms with Gasteiger partial charge in [0.05, 0.1) is 23.9 Å². The third kappa shape index (κ3) is 4.49. The van der Waals surface area contributed by atoms with Crippen LogP contribution in [0.3, 0.4) is 0 Å². The van der Waals surface area contributed by atoms with E-state index in [9.17, 15) is 14.3 Å². The Bertz CT molecular complexity index is 1320. The average Bonchev–Trinajstić information content (AvgIpc) is 3.23. The third-order valence-corrected chi connectivity index (χ3v) is 5.52. The molecule has 34 heavy (non-hydrogen) atoms. The number of hydrogen-bond donors (Lipinski definition) is 1. The van der Waals surface area contributed by atoms with Crippen molar-refractivity contribution >= 4 is 12.2 Å². The van der Waals surface area contributed by atoms with E-state index in [0.717, 1.165) is 11.1 Å². The molecule has 8 heteroatoms. The lowest BCUT2D eigenvalue weighted by Crippen LogP contribution is -2.31. The maximum atomic E-state index is 13.7. The van der Waals surface area contributed by atoms with Crippen LogP contribution in [0.1, 0.15) is 12.8 Å². The number of aliphatic hydroxyl groups excluding tert-OH is 1. The molecule has 2 aromatic carbocycles. The van der Waals surface area contributed by atoms with Crippen molar-refractivity contribution in [1.82, 2.24) is 19.5 Å². The zero-order chi connectivity index (χ0) is 23.5. The lowest BCUT2D eigenvalue weighted by Gasteiger charge is -2.23. The molecule has 1 saturated heterocycles. The predicted octanol–water partition coefficient (Wildman–Crippen LogP) is 4.35. The molecule has 7 nitrogen and oxygen atoms in total. The van der Waals surface area contributed by atoms with Gasteiger partial charge in [-0.3, -0.25) is 9.36 Å². The summed E-state index contributed by atoms with van der Waals surface area (Å²) >= 11 is 0. The minimum atomic E-state index is -0.750. The van der Waals surface area contributed by atoms with E-state index in [-0.39, 0.29) is 12.2 Å². The van der Waals surface area contributed by atoms with E-state index >= 15 is 0 Å². The average molecular weight is 456 g/mol. The fourth-order valence-electron chi connectivity index (χ4n) is 3.97. The first kappa shape index (κ1) is 21.7. The van der Waals surface area contributed by atoms with Crippen LogP contribution < -0.4 is 0 Å². The van der Waals surface area contributed by atoms with Crippen LogP contribution in [-0.4, -0.2) is 42.8 Å². The molecule has 1 fully saturated rings. The molecule has 170 valence electrons. The van der Waals surface area contributed by atoms with E-state index in [1.807, 2.05) is 34.9 Å². The molecule has 0 saturated carbocycles. The van der Waals surface area contributed by atoms with Crippen molar-refractivity contribution in [1.29, 1.82) is 0 Å². The van der Waals surface area contributed by atoms with Crippen molar-refractivity contribution in [3.63, 3.8) is 0 Å². The number of hydrogen-bond acceptors (Lipinski definition) is 6. The summed E-state index contributed by atoms with van der Waals surface area (Å²) in [6.45, 7) is 0. The number of halogens is 1. The van der Waals surface area contributed by atoms with Crippen LogP contribution in [0.5, 0.6) is 0 Å². The van der Waals surface area contributed by atoms with Gasteiger partial charge in [0, 0.05) is 29.9 Å². The Kier molecular flexibility index (Phi) is 5.97. The fraction of sp³-hybridized carbons (Fsp3) is 0.154. The van der Waals surface area contributed by atoms with E-state index in [2.05, 4.69) is 9.97 Å². The lowest BCUT2D eigenvalue weighted by atomic mass is 10.1. The van der Waals surface area contributed by atoms with E-state index in [1.165, 1.54) is 18.5 Å². The van der Waals surface area contributed by atoms with Crippen LogP contribution >= 0.6 is 0 Å². The van der Waals surface area contributed by atoms with E-state index in [1.54, 1.807) is 36.7 Å². The van der Waals surface area contributed by atoms with Gasteiger partial charge < -0.3 is 9.84 Å². The van der Waals surface area contributed by atoms with Gasteiger partial charge in [0.2, 0.25) is 0 Å². The number of rotatable bonds is 5. The molecular weight excluding hydrogens is 435 g/mol. The van der Waals surface area contributed by atoms with Crippen LogP contribution in [0.4, 0.5) is 4.39 Å².